The summed E-state index contributed by atoms with van der Waals surface area (Å²) in [6.07, 6.45) is 2.91. The minimum Gasteiger partial charge on any atom is -0.342 e. The van der Waals surface area contributed by atoms with Crippen molar-refractivity contribution in [3.63, 3.8) is 0 Å². The summed E-state index contributed by atoms with van der Waals surface area (Å²) in [7, 11) is 0. The van der Waals surface area contributed by atoms with E-state index in [0.29, 0.717) is 24.5 Å². The second-order valence-electron chi connectivity index (χ2n) is 4.41. The smallest absolute Gasteiger partial charge is 0.210 e. The molecule has 2 N–H and O–H groups in total. The van der Waals surface area contributed by atoms with Gasteiger partial charge in [0.05, 0.1) is 6.04 Å². The molecule has 0 spiro atoms. The standard InChI is InChI=1S/C12H16N6O/c1-8-5-11(15-6-14-8)16-10-3-4-18(7-19)9(2)12(10)17-13/h5-7,9,13H,3-4H2,1-2H3,(H,14,15,16). The van der Waals surface area contributed by atoms with Crippen molar-refractivity contribution in [2.24, 2.45) is 5.11 Å². The van der Waals surface area contributed by atoms with Crippen LogP contribution in [0.4, 0.5) is 5.82 Å². The zero-order valence-electron chi connectivity index (χ0n) is 10.9. The molecule has 1 aromatic heterocycles. The Bertz CT molecular complexity index is 527. The number of hydrogen-bond donors (Lipinski definition) is 2. The van der Waals surface area contributed by atoms with Crippen LogP contribution >= 0.6 is 0 Å². The van der Waals surface area contributed by atoms with Crippen LogP contribution in [0.25, 0.3) is 0 Å². The number of anilines is 1. The summed E-state index contributed by atoms with van der Waals surface area (Å²) in [5.74, 6) is 0.676. The van der Waals surface area contributed by atoms with E-state index in [1.165, 1.54) is 6.33 Å². The van der Waals surface area contributed by atoms with Gasteiger partial charge in [-0.3, -0.25) is 4.79 Å². The molecular formula is C12H16N6O. The first-order valence-electron chi connectivity index (χ1n) is 6.03. The number of hydrogen-bond acceptors (Lipinski definition) is 6. The Morgan fingerprint density at radius 1 is 1.58 bits per heavy atom. The lowest BCUT2D eigenvalue weighted by molar-refractivity contribution is -0.119. The van der Waals surface area contributed by atoms with Crippen molar-refractivity contribution in [1.82, 2.24) is 14.9 Å². The molecule has 1 aromatic rings. The molecule has 19 heavy (non-hydrogen) atoms. The van der Waals surface area contributed by atoms with Gasteiger partial charge in [-0.15, -0.1) is 0 Å². The van der Waals surface area contributed by atoms with Crippen LogP contribution in [0.15, 0.2) is 28.9 Å². The summed E-state index contributed by atoms with van der Waals surface area (Å²) in [6.45, 7) is 4.35. The van der Waals surface area contributed by atoms with Crippen molar-refractivity contribution in [1.29, 1.82) is 5.53 Å². The van der Waals surface area contributed by atoms with Gasteiger partial charge < -0.3 is 10.2 Å². The zero-order chi connectivity index (χ0) is 13.8. The van der Waals surface area contributed by atoms with Crippen LogP contribution < -0.4 is 5.32 Å². The van der Waals surface area contributed by atoms with Crippen LogP contribution in [0.3, 0.4) is 0 Å². The summed E-state index contributed by atoms with van der Waals surface area (Å²) in [4.78, 5) is 20.7. The van der Waals surface area contributed by atoms with Crippen molar-refractivity contribution < 1.29 is 4.79 Å². The molecule has 0 bridgehead atoms. The maximum absolute atomic E-state index is 10.9. The van der Waals surface area contributed by atoms with Crippen LogP contribution in [-0.2, 0) is 4.79 Å². The molecular weight excluding hydrogens is 244 g/mol. The van der Waals surface area contributed by atoms with Crippen molar-refractivity contribution in [3.05, 3.63) is 29.5 Å². The van der Waals surface area contributed by atoms with Gasteiger partial charge >= 0.3 is 0 Å². The minimum absolute atomic E-state index is 0.200. The lowest BCUT2D eigenvalue weighted by atomic mass is 10.1. The molecule has 1 amide bonds. The Hall–Kier alpha value is -2.31. The maximum atomic E-state index is 10.9. The van der Waals surface area contributed by atoms with E-state index in [9.17, 15) is 4.79 Å². The van der Waals surface area contributed by atoms with Gasteiger partial charge in [-0.05, 0) is 13.8 Å². The molecule has 1 aliphatic heterocycles. The average Bonchev–Trinajstić information content (AvgIpc) is 2.39. The molecule has 0 saturated carbocycles. The third kappa shape index (κ3) is 2.75. The molecule has 0 aromatic carbocycles. The summed E-state index contributed by atoms with van der Waals surface area (Å²) in [6, 6.07) is 1.62. The molecule has 0 fully saturated rings. The van der Waals surface area contributed by atoms with Crippen LogP contribution in [0.2, 0.25) is 0 Å². The summed E-state index contributed by atoms with van der Waals surface area (Å²) < 4.78 is 0. The number of nitrogens with one attached hydrogen (secondary N) is 2. The fourth-order valence-corrected chi connectivity index (χ4v) is 2.08. The van der Waals surface area contributed by atoms with E-state index in [0.717, 1.165) is 17.8 Å². The molecule has 7 nitrogen and oxygen atoms in total. The number of nitrogens with zero attached hydrogens (tertiary/aromatic N) is 4. The van der Waals surface area contributed by atoms with Crippen molar-refractivity contribution in [2.75, 3.05) is 11.9 Å². The zero-order valence-corrected chi connectivity index (χ0v) is 10.9. The molecule has 1 atom stereocenters. The highest BCUT2D eigenvalue weighted by atomic mass is 16.1. The van der Waals surface area contributed by atoms with Gasteiger partial charge in [0.2, 0.25) is 6.41 Å². The highest BCUT2D eigenvalue weighted by Gasteiger charge is 2.25. The minimum atomic E-state index is -0.200. The lowest BCUT2D eigenvalue weighted by Gasteiger charge is -2.31. The quantitative estimate of drug-likeness (QED) is 0.636. The lowest BCUT2D eigenvalue weighted by Crippen LogP contribution is -2.39. The van der Waals surface area contributed by atoms with Gasteiger partial charge in [0.25, 0.3) is 0 Å². The van der Waals surface area contributed by atoms with Gasteiger partial charge in [0.1, 0.15) is 17.8 Å². The number of carbonyl (C=O) groups is 1. The van der Waals surface area contributed by atoms with Crippen LogP contribution in [0, 0.1) is 12.5 Å². The van der Waals surface area contributed by atoms with E-state index in [1.54, 1.807) is 4.90 Å². The van der Waals surface area contributed by atoms with E-state index in [1.807, 2.05) is 19.9 Å². The SMILES string of the molecule is Cc1cc(NC2=C(N=N)C(C)N(C=O)CC2)ncn1. The van der Waals surface area contributed by atoms with E-state index < -0.39 is 0 Å². The van der Waals surface area contributed by atoms with Gasteiger partial charge in [-0.25, -0.2) is 15.5 Å². The molecule has 1 unspecified atom stereocenters. The number of aryl methyl sites for hydroxylation is 1. The third-order valence-corrected chi connectivity index (χ3v) is 3.16. The van der Waals surface area contributed by atoms with E-state index in [4.69, 9.17) is 5.53 Å². The van der Waals surface area contributed by atoms with Crippen LogP contribution in [-0.4, -0.2) is 33.9 Å². The normalized spacial score (nSPS) is 19.3. The first-order chi connectivity index (χ1) is 9.15. The topological polar surface area (TPSA) is 94.3 Å². The maximum Gasteiger partial charge on any atom is 0.210 e. The predicted molar refractivity (Wildman–Crippen MR) is 69.4 cm³/mol. The Kier molecular flexibility index (Phi) is 3.84. The first kappa shape index (κ1) is 13.1. The Morgan fingerprint density at radius 3 is 3.00 bits per heavy atom. The largest absolute Gasteiger partial charge is 0.342 e. The molecule has 0 saturated heterocycles. The fourth-order valence-electron chi connectivity index (χ4n) is 2.08. The fraction of sp³-hybridized carbons (Fsp3) is 0.417. The van der Waals surface area contributed by atoms with Crippen molar-refractivity contribution in [3.8, 4) is 0 Å². The van der Waals surface area contributed by atoms with Gasteiger partial charge in [0, 0.05) is 30.4 Å². The molecule has 2 heterocycles. The second-order valence-corrected chi connectivity index (χ2v) is 4.41. The molecule has 2 rings (SSSR count). The van der Waals surface area contributed by atoms with Gasteiger partial charge in [0.15, 0.2) is 0 Å². The monoisotopic (exact) mass is 260 g/mol. The molecule has 100 valence electrons. The number of carbonyl (C=O) groups excluding carboxylic acids is 1. The highest BCUT2D eigenvalue weighted by Crippen LogP contribution is 2.24. The van der Waals surface area contributed by atoms with Gasteiger partial charge in [-0.1, -0.05) is 0 Å². The predicted octanol–water partition coefficient (Wildman–Crippen LogP) is 1.69. The molecule has 7 heteroatoms. The Morgan fingerprint density at radius 2 is 2.37 bits per heavy atom. The Labute approximate surface area is 111 Å². The summed E-state index contributed by atoms with van der Waals surface area (Å²) in [5.41, 5.74) is 9.54. The summed E-state index contributed by atoms with van der Waals surface area (Å²) in [5, 5.41) is 6.72. The highest BCUT2D eigenvalue weighted by molar-refractivity contribution is 5.52. The molecule has 0 aliphatic carbocycles. The van der Waals surface area contributed by atoms with E-state index in [-0.39, 0.29) is 6.04 Å². The Balaban J connectivity index is 2.27. The van der Waals surface area contributed by atoms with Gasteiger partial charge in [-0.2, -0.15) is 5.11 Å². The first-order valence-corrected chi connectivity index (χ1v) is 6.03. The van der Waals surface area contributed by atoms with Crippen LogP contribution in [0.5, 0.6) is 0 Å². The number of rotatable bonds is 4. The van der Waals surface area contributed by atoms with Crippen LogP contribution in [0.1, 0.15) is 19.0 Å². The van der Waals surface area contributed by atoms with E-state index >= 15 is 0 Å². The second kappa shape index (κ2) is 5.55. The third-order valence-electron chi connectivity index (χ3n) is 3.16. The summed E-state index contributed by atoms with van der Waals surface area (Å²) >= 11 is 0. The molecule has 0 radical (unpaired) electrons. The number of aromatic nitrogens is 2. The average molecular weight is 260 g/mol. The van der Waals surface area contributed by atoms with Crippen molar-refractivity contribution >= 4 is 12.2 Å². The van der Waals surface area contributed by atoms with E-state index in [2.05, 4.69) is 20.4 Å². The number of amides is 1. The molecule has 1 aliphatic rings. The van der Waals surface area contributed by atoms with Crippen molar-refractivity contribution in [2.45, 2.75) is 26.3 Å².